The molecule has 2 aromatic carbocycles. The molecule has 1 N–H and O–H groups in total. The minimum absolute atomic E-state index is 0.332. The Labute approximate surface area is 137 Å². The summed E-state index contributed by atoms with van der Waals surface area (Å²) in [6.07, 6.45) is 0. The Balaban J connectivity index is 2.10. The van der Waals surface area contributed by atoms with Crippen molar-refractivity contribution in [1.82, 2.24) is 5.16 Å². The highest BCUT2D eigenvalue weighted by molar-refractivity contribution is 5.92. The van der Waals surface area contributed by atoms with Crippen LogP contribution in [0.5, 0.6) is 0 Å². The zero-order valence-corrected chi connectivity index (χ0v) is 12.7. The summed E-state index contributed by atoms with van der Waals surface area (Å²) in [5.74, 6) is -0.0830. The number of hydrogen-bond acceptors (Lipinski definition) is 6. The predicted molar refractivity (Wildman–Crippen MR) is 88.1 cm³/mol. The van der Waals surface area contributed by atoms with Crippen molar-refractivity contribution in [3.05, 3.63) is 65.1 Å². The largest absolute Gasteiger partial charge is 0.465 e. The minimum Gasteiger partial charge on any atom is -0.465 e. The lowest BCUT2D eigenvalue weighted by Gasteiger charge is -2.04. The normalized spacial score (nSPS) is 10.2. The highest BCUT2D eigenvalue weighted by Crippen LogP contribution is 2.37. The van der Waals surface area contributed by atoms with Gasteiger partial charge in [0.05, 0.1) is 18.0 Å². The molecular weight excluding hydrogens is 310 g/mol. The van der Waals surface area contributed by atoms with Gasteiger partial charge in [-0.25, -0.2) is 10.2 Å². The van der Waals surface area contributed by atoms with Crippen LogP contribution < -0.4 is 5.43 Å². The van der Waals surface area contributed by atoms with Gasteiger partial charge < -0.3 is 9.26 Å². The first-order valence-electron chi connectivity index (χ1n) is 7.07. The van der Waals surface area contributed by atoms with Crippen LogP contribution in [0.25, 0.3) is 22.6 Å². The van der Waals surface area contributed by atoms with Crippen LogP contribution in [-0.4, -0.2) is 18.2 Å². The number of benzene rings is 2. The number of carbonyl (C=O) groups excluding carboxylic acids is 1. The summed E-state index contributed by atoms with van der Waals surface area (Å²) in [7, 11) is 1.31. The Morgan fingerprint density at radius 3 is 2.58 bits per heavy atom. The molecular formula is C17H13N3O4. The van der Waals surface area contributed by atoms with Gasteiger partial charge in [-0.15, -0.1) is 4.91 Å². The molecule has 0 saturated heterocycles. The number of rotatable bonds is 5. The molecule has 7 nitrogen and oxygen atoms in total. The van der Waals surface area contributed by atoms with Gasteiger partial charge in [-0.1, -0.05) is 47.6 Å². The molecule has 0 aliphatic rings. The molecule has 120 valence electrons. The monoisotopic (exact) mass is 323 g/mol. The molecule has 0 spiro atoms. The fraction of sp³-hybridized carbons (Fsp3) is 0.0588. The summed E-state index contributed by atoms with van der Waals surface area (Å²) in [6.45, 7) is 0. The molecule has 0 aliphatic carbocycles. The summed E-state index contributed by atoms with van der Waals surface area (Å²) in [5.41, 5.74) is 4.79. The van der Waals surface area contributed by atoms with Crippen LogP contribution in [-0.2, 0) is 4.74 Å². The molecule has 0 saturated carbocycles. The van der Waals surface area contributed by atoms with E-state index in [1.807, 2.05) is 30.3 Å². The molecule has 0 atom stereocenters. The van der Waals surface area contributed by atoms with Crippen molar-refractivity contribution in [3.8, 4) is 22.6 Å². The third-order valence-corrected chi connectivity index (χ3v) is 3.44. The van der Waals surface area contributed by atoms with E-state index in [1.54, 1.807) is 24.3 Å². The average Bonchev–Trinajstić information content (AvgIpc) is 3.06. The van der Waals surface area contributed by atoms with Gasteiger partial charge in [0.25, 0.3) is 0 Å². The van der Waals surface area contributed by atoms with Crippen molar-refractivity contribution in [2.75, 3.05) is 12.5 Å². The van der Waals surface area contributed by atoms with E-state index in [4.69, 9.17) is 9.26 Å². The van der Waals surface area contributed by atoms with Crippen molar-refractivity contribution >= 4 is 11.7 Å². The molecule has 0 fully saturated rings. The van der Waals surface area contributed by atoms with Crippen molar-refractivity contribution in [2.45, 2.75) is 0 Å². The average molecular weight is 323 g/mol. The molecule has 24 heavy (non-hydrogen) atoms. The Hall–Kier alpha value is -3.48. The van der Waals surface area contributed by atoms with Gasteiger partial charge in [0.1, 0.15) is 11.4 Å². The number of nitrogens with one attached hydrogen (secondary N) is 1. The smallest absolute Gasteiger partial charge is 0.337 e. The summed E-state index contributed by atoms with van der Waals surface area (Å²) in [4.78, 5) is 22.4. The van der Waals surface area contributed by atoms with Gasteiger partial charge in [-0.3, -0.25) is 0 Å². The van der Waals surface area contributed by atoms with Crippen molar-refractivity contribution < 1.29 is 14.1 Å². The summed E-state index contributed by atoms with van der Waals surface area (Å²) >= 11 is 0. The molecule has 7 heteroatoms. The van der Waals surface area contributed by atoms with Crippen molar-refractivity contribution in [2.24, 2.45) is 5.29 Å². The number of ether oxygens (including phenoxy) is 1. The maximum atomic E-state index is 11.7. The topological polar surface area (TPSA) is 93.8 Å². The van der Waals surface area contributed by atoms with E-state index >= 15 is 0 Å². The number of nitroso groups, excluding NO2 is 1. The molecule has 1 aromatic heterocycles. The second kappa shape index (κ2) is 6.74. The molecule has 0 bridgehead atoms. The van der Waals surface area contributed by atoms with Crippen molar-refractivity contribution in [3.63, 3.8) is 0 Å². The number of nitrogens with zero attached hydrogens (tertiary/aromatic N) is 2. The number of anilines is 1. The first-order chi connectivity index (χ1) is 11.7. The van der Waals surface area contributed by atoms with Gasteiger partial charge in [0.15, 0.2) is 5.76 Å². The maximum absolute atomic E-state index is 11.7. The van der Waals surface area contributed by atoms with Crippen LogP contribution in [0.2, 0.25) is 0 Å². The standard InChI is InChI=1S/C17H13N3O4/c1-23-17(21)13-9-5-8-12(10-13)14-15(18-20-22)16(24-19-14)11-6-3-2-4-7-11/h2-10H,1H3,(H,18,22). The molecule has 0 radical (unpaired) electrons. The highest BCUT2D eigenvalue weighted by Gasteiger charge is 2.20. The zero-order chi connectivity index (χ0) is 16.9. The summed E-state index contributed by atoms with van der Waals surface area (Å²) in [6, 6.07) is 15.9. The summed E-state index contributed by atoms with van der Waals surface area (Å²) in [5, 5.41) is 6.75. The summed E-state index contributed by atoms with van der Waals surface area (Å²) < 4.78 is 10.1. The Bertz CT molecular complexity index is 875. The van der Waals surface area contributed by atoms with Gasteiger partial charge in [-0.2, -0.15) is 0 Å². The quantitative estimate of drug-likeness (QED) is 0.435. The van der Waals surface area contributed by atoms with Crippen LogP contribution in [0.4, 0.5) is 5.69 Å². The number of hydrogen-bond donors (Lipinski definition) is 1. The minimum atomic E-state index is -0.466. The Kier molecular flexibility index (Phi) is 4.33. The van der Waals surface area contributed by atoms with Gasteiger partial charge in [0, 0.05) is 11.1 Å². The molecule has 0 unspecified atom stereocenters. The zero-order valence-electron chi connectivity index (χ0n) is 12.7. The van der Waals surface area contributed by atoms with Crippen LogP contribution in [0.1, 0.15) is 10.4 Å². The van der Waals surface area contributed by atoms with Gasteiger partial charge >= 0.3 is 5.97 Å². The molecule has 0 aliphatic heterocycles. The lowest BCUT2D eigenvalue weighted by Crippen LogP contribution is -2.01. The molecule has 3 rings (SSSR count). The second-order valence-electron chi connectivity index (χ2n) is 4.88. The van der Waals surface area contributed by atoms with E-state index in [1.165, 1.54) is 7.11 Å². The lowest BCUT2D eigenvalue weighted by atomic mass is 10.0. The number of methoxy groups -OCH3 is 1. The van der Waals surface area contributed by atoms with Gasteiger partial charge in [-0.05, 0) is 12.1 Å². The third kappa shape index (κ3) is 2.87. The Morgan fingerprint density at radius 1 is 1.12 bits per heavy atom. The maximum Gasteiger partial charge on any atom is 0.337 e. The van der Waals surface area contributed by atoms with E-state index in [0.29, 0.717) is 28.3 Å². The number of carbonyl (C=O) groups is 1. The van der Waals surface area contributed by atoms with E-state index in [2.05, 4.69) is 15.9 Å². The SMILES string of the molecule is COC(=O)c1cccc(-c2noc(-c3ccccc3)c2NN=O)c1. The van der Waals surface area contributed by atoms with Crippen LogP contribution in [0.3, 0.4) is 0 Å². The van der Waals surface area contributed by atoms with Crippen LogP contribution >= 0.6 is 0 Å². The van der Waals surface area contributed by atoms with Crippen molar-refractivity contribution in [1.29, 1.82) is 0 Å². The first kappa shape index (κ1) is 15.4. The molecule has 0 amide bonds. The third-order valence-electron chi connectivity index (χ3n) is 3.44. The fourth-order valence-electron chi connectivity index (χ4n) is 2.33. The molecule has 3 aromatic rings. The number of esters is 1. The van der Waals surface area contributed by atoms with Crippen LogP contribution in [0, 0.1) is 4.91 Å². The second-order valence-corrected chi connectivity index (χ2v) is 4.88. The lowest BCUT2D eigenvalue weighted by molar-refractivity contribution is 0.0601. The van der Waals surface area contributed by atoms with E-state index in [9.17, 15) is 9.70 Å². The predicted octanol–water partition coefficient (Wildman–Crippen LogP) is 3.89. The van der Waals surface area contributed by atoms with E-state index in [-0.39, 0.29) is 0 Å². The Morgan fingerprint density at radius 2 is 1.88 bits per heavy atom. The number of aromatic nitrogens is 1. The first-order valence-corrected chi connectivity index (χ1v) is 7.07. The van der Waals surface area contributed by atoms with E-state index < -0.39 is 5.97 Å². The van der Waals surface area contributed by atoms with Gasteiger partial charge in [0.2, 0.25) is 0 Å². The van der Waals surface area contributed by atoms with Crippen LogP contribution in [0.15, 0.2) is 64.4 Å². The van der Waals surface area contributed by atoms with E-state index in [0.717, 1.165) is 5.56 Å². The fourth-order valence-corrected chi connectivity index (χ4v) is 2.33. The molecule has 1 heterocycles. The highest BCUT2D eigenvalue weighted by atomic mass is 16.5.